The predicted octanol–water partition coefficient (Wildman–Crippen LogP) is 4.29. The van der Waals surface area contributed by atoms with E-state index in [1.165, 1.54) is 21.6 Å². The van der Waals surface area contributed by atoms with Crippen LogP contribution in [0.4, 0.5) is 0 Å². The third-order valence-corrected chi connectivity index (χ3v) is 4.52. The van der Waals surface area contributed by atoms with Gasteiger partial charge in [-0.15, -0.1) is 11.3 Å². The lowest BCUT2D eigenvalue weighted by molar-refractivity contribution is 0.954. The molecule has 0 saturated carbocycles. The Morgan fingerprint density at radius 3 is 2.48 bits per heavy atom. The van der Waals surface area contributed by atoms with Gasteiger partial charge in [-0.3, -0.25) is 0 Å². The van der Waals surface area contributed by atoms with E-state index in [0.29, 0.717) is 6.54 Å². The van der Waals surface area contributed by atoms with Gasteiger partial charge in [0.1, 0.15) is 0 Å². The largest absolute Gasteiger partial charge is 0.330 e. The van der Waals surface area contributed by atoms with Crippen molar-refractivity contribution in [3.63, 3.8) is 0 Å². The lowest BCUT2D eigenvalue weighted by Crippen LogP contribution is -2.01. The zero-order valence-electron chi connectivity index (χ0n) is 12.0. The maximum Gasteiger partial charge on any atom is 0.0951 e. The molecule has 0 atom stereocenters. The number of aryl methyl sites for hydroxylation is 1. The molecule has 2 nitrogen and oxygen atoms in total. The smallest absolute Gasteiger partial charge is 0.0951 e. The van der Waals surface area contributed by atoms with Crippen molar-refractivity contribution < 1.29 is 0 Å². The van der Waals surface area contributed by atoms with E-state index in [1.807, 2.05) is 6.07 Å². The van der Waals surface area contributed by atoms with Gasteiger partial charge < -0.3 is 5.73 Å². The fourth-order valence-electron chi connectivity index (χ4n) is 2.37. The van der Waals surface area contributed by atoms with E-state index in [1.54, 1.807) is 11.3 Å². The highest BCUT2D eigenvalue weighted by Gasteiger charge is 2.14. The molecule has 2 aromatic carbocycles. The Bertz CT molecular complexity index is 732. The first-order valence-electron chi connectivity index (χ1n) is 7.10. The Balaban J connectivity index is 2.14. The van der Waals surface area contributed by atoms with Crippen molar-refractivity contribution in [3.8, 4) is 21.7 Å². The van der Waals surface area contributed by atoms with Crippen molar-refractivity contribution >= 4 is 11.3 Å². The standard InChI is InChI=1S/C18H18N2S/c1-13-6-5-9-15(12-13)17-18(14-7-3-2-4-8-14)21-16(20-17)10-11-19/h2-9,12H,10-11,19H2,1H3. The van der Waals surface area contributed by atoms with Crippen LogP contribution in [0.3, 0.4) is 0 Å². The highest BCUT2D eigenvalue weighted by atomic mass is 32.1. The van der Waals surface area contributed by atoms with Gasteiger partial charge in [-0.1, -0.05) is 54.1 Å². The summed E-state index contributed by atoms with van der Waals surface area (Å²) in [6, 6.07) is 19.0. The van der Waals surface area contributed by atoms with Crippen molar-refractivity contribution in [2.24, 2.45) is 5.73 Å². The quantitative estimate of drug-likeness (QED) is 0.779. The summed E-state index contributed by atoms with van der Waals surface area (Å²) in [5.74, 6) is 0. The molecule has 0 bridgehead atoms. The lowest BCUT2D eigenvalue weighted by atomic mass is 10.1. The average molecular weight is 294 g/mol. The number of benzene rings is 2. The van der Waals surface area contributed by atoms with E-state index >= 15 is 0 Å². The molecule has 0 aliphatic carbocycles. The molecular weight excluding hydrogens is 276 g/mol. The number of nitrogens with zero attached hydrogens (tertiary/aromatic N) is 1. The molecule has 2 N–H and O–H groups in total. The molecule has 0 aliphatic rings. The maximum atomic E-state index is 5.69. The highest BCUT2D eigenvalue weighted by Crippen LogP contribution is 2.37. The Morgan fingerprint density at radius 1 is 1.00 bits per heavy atom. The summed E-state index contributed by atoms with van der Waals surface area (Å²) in [6.07, 6.45) is 0.830. The van der Waals surface area contributed by atoms with Crippen molar-refractivity contribution in [3.05, 3.63) is 65.2 Å². The number of hydrogen-bond acceptors (Lipinski definition) is 3. The van der Waals surface area contributed by atoms with Crippen molar-refractivity contribution in [2.45, 2.75) is 13.3 Å². The number of rotatable bonds is 4. The second-order valence-corrected chi connectivity index (χ2v) is 6.14. The summed E-state index contributed by atoms with van der Waals surface area (Å²) < 4.78 is 0. The second kappa shape index (κ2) is 6.20. The van der Waals surface area contributed by atoms with Gasteiger partial charge >= 0.3 is 0 Å². The summed E-state index contributed by atoms with van der Waals surface area (Å²) in [5, 5.41) is 1.10. The van der Waals surface area contributed by atoms with Crippen LogP contribution in [0.25, 0.3) is 21.7 Å². The minimum Gasteiger partial charge on any atom is -0.330 e. The van der Waals surface area contributed by atoms with Gasteiger partial charge in [0.15, 0.2) is 0 Å². The highest BCUT2D eigenvalue weighted by molar-refractivity contribution is 7.15. The van der Waals surface area contributed by atoms with E-state index in [2.05, 4.69) is 55.5 Å². The van der Waals surface area contributed by atoms with Gasteiger partial charge in [0.05, 0.1) is 15.6 Å². The molecule has 0 aliphatic heterocycles. The first-order valence-corrected chi connectivity index (χ1v) is 7.92. The van der Waals surface area contributed by atoms with Crippen LogP contribution in [-0.4, -0.2) is 11.5 Å². The van der Waals surface area contributed by atoms with Gasteiger partial charge in [0.2, 0.25) is 0 Å². The Kier molecular flexibility index (Phi) is 4.13. The van der Waals surface area contributed by atoms with Crippen molar-refractivity contribution in [1.82, 2.24) is 4.98 Å². The van der Waals surface area contributed by atoms with Gasteiger partial charge in [-0.05, 0) is 25.1 Å². The monoisotopic (exact) mass is 294 g/mol. The zero-order valence-corrected chi connectivity index (χ0v) is 12.9. The van der Waals surface area contributed by atoms with Gasteiger partial charge in [0.25, 0.3) is 0 Å². The summed E-state index contributed by atoms with van der Waals surface area (Å²) in [5.41, 5.74) is 10.4. The molecule has 21 heavy (non-hydrogen) atoms. The SMILES string of the molecule is Cc1cccc(-c2nc(CCN)sc2-c2ccccc2)c1. The van der Waals surface area contributed by atoms with Crippen LogP contribution in [0, 0.1) is 6.92 Å². The minimum absolute atomic E-state index is 0.634. The molecule has 0 saturated heterocycles. The summed E-state index contributed by atoms with van der Waals surface area (Å²) >= 11 is 1.75. The molecule has 0 spiro atoms. The molecule has 1 heterocycles. The summed E-state index contributed by atoms with van der Waals surface area (Å²) in [4.78, 5) is 6.05. The van der Waals surface area contributed by atoms with E-state index in [0.717, 1.165) is 17.1 Å². The number of thiazole rings is 1. The molecule has 106 valence electrons. The van der Waals surface area contributed by atoms with E-state index in [9.17, 15) is 0 Å². The van der Waals surface area contributed by atoms with Gasteiger partial charge in [0, 0.05) is 12.0 Å². The van der Waals surface area contributed by atoms with Crippen LogP contribution in [0.1, 0.15) is 10.6 Å². The van der Waals surface area contributed by atoms with Crippen LogP contribution in [0.15, 0.2) is 54.6 Å². The van der Waals surface area contributed by atoms with Crippen LogP contribution >= 0.6 is 11.3 Å². The normalized spacial score (nSPS) is 10.8. The molecule has 0 amide bonds. The van der Waals surface area contributed by atoms with Gasteiger partial charge in [-0.2, -0.15) is 0 Å². The Hall–Kier alpha value is -1.97. The molecular formula is C18H18N2S. The third kappa shape index (κ3) is 3.04. The van der Waals surface area contributed by atoms with Crippen LogP contribution in [-0.2, 0) is 6.42 Å². The second-order valence-electron chi connectivity index (χ2n) is 5.06. The van der Waals surface area contributed by atoms with Gasteiger partial charge in [-0.25, -0.2) is 4.98 Å². The molecule has 0 unspecified atom stereocenters. The van der Waals surface area contributed by atoms with Crippen molar-refractivity contribution in [1.29, 1.82) is 0 Å². The molecule has 1 aromatic heterocycles. The molecule has 0 radical (unpaired) electrons. The number of nitrogens with two attached hydrogens (primary N) is 1. The van der Waals surface area contributed by atoms with Crippen LogP contribution in [0.5, 0.6) is 0 Å². The fourth-order valence-corrected chi connectivity index (χ4v) is 3.47. The van der Waals surface area contributed by atoms with E-state index in [4.69, 9.17) is 10.7 Å². The maximum absolute atomic E-state index is 5.69. The predicted molar refractivity (Wildman–Crippen MR) is 90.5 cm³/mol. The molecule has 3 heteroatoms. The van der Waals surface area contributed by atoms with Crippen LogP contribution in [0.2, 0.25) is 0 Å². The topological polar surface area (TPSA) is 38.9 Å². The fraction of sp³-hybridized carbons (Fsp3) is 0.167. The molecule has 3 aromatic rings. The Morgan fingerprint density at radius 2 is 1.76 bits per heavy atom. The average Bonchev–Trinajstić information content (AvgIpc) is 2.93. The zero-order chi connectivity index (χ0) is 14.7. The summed E-state index contributed by atoms with van der Waals surface area (Å²) in [6.45, 7) is 2.74. The van der Waals surface area contributed by atoms with Crippen molar-refractivity contribution in [2.75, 3.05) is 6.54 Å². The summed E-state index contributed by atoms with van der Waals surface area (Å²) in [7, 11) is 0. The number of aromatic nitrogens is 1. The lowest BCUT2D eigenvalue weighted by Gasteiger charge is -2.03. The first-order chi connectivity index (χ1) is 10.3. The minimum atomic E-state index is 0.634. The number of hydrogen-bond donors (Lipinski definition) is 1. The van der Waals surface area contributed by atoms with E-state index < -0.39 is 0 Å². The molecule has 3 rings (SSSR count). The van der Waals surface area contributed by atoms with E-state index in [-0.39, 0.29) is 0 Å². The Labute approximate surface area is 129 Å². The first kappa shape index (κ1) is 14.0. The third-order valence-electron chi connectivity index (χ3n) is 3.36. The van der Waals surface area contributed by atoms with Crippen LogP contribution < -0.4 is 5.73 Å². The molecule has 0 fully saturated rings.